The summed E-state index contributed by atoms with van der Waals surface area (Å²) in [4.78, 5) is 11.3. The first-order valence-electron chi connectivity index (χ1n) is 9.20. The molecular formula is C17H31IN6O. The highest BCUT2D eigenvalue weighted by Gasteiger charge is 2.36. The second-order valence-corrected chi connectivity index (χ2v) is 6.92. The van der Waals surface area contributed by atoms with Crippen LogP contribution in [0.2, 0.25) is 0 Å². The Morgan fingerprint density at radius 1 is 1.32 bits per heavy atom. The molecule has 0 spiro atoms. The van der Waals surface area contributed by atoms with Gasteiger partial charge in [-0.15, -0.1) is 24.0 Å². The zero-order valence-electron chi connectivity index (χ0n) is 15.5. The van der Waals surface area contributed by atoms with Gasteiger partial charge in [0.05, 0.1) is 0 Å². The van der Waals surface area contributed by atoms with Crippen molar-refractivity contribution in [3.8, 4) is 0 Å². The molecule has 7 nitrogen and oxygen atoms in total. The maximum atomic E-state index is 5.13. The summed E-state index contributed by atoms with van der Waals surface area (Å²) in [5.74, 6) is 2.33. The summed E-state index contributed by atoms with van der Waals surface area (Å²) in [5.41, 5.74) is 0. The normalized spacial score (nSPS) is 26.8. The number of aliphatic imine (C=N–C) groups is 1. The van der Waals surface area contributed by atoms with Gasteiger partial charge in [-0.25, -0.2) is 0 Å². The molecule has 0 aliphatic carbocycles. The number of aryl methyl sites for hydroxylation is 1. The van der Waals surface area contributed by atoms with Gasteiger partial charge in [-0.2, -0.15) is 4.98 Å². The molecule has 2 unspecified atom stereocenters. The van der Waals surface area contributed by atoms with E-state index in [-0.39, 0.29) is 24.0 Å². The number of aromatic nitrogens is 2. The van der Waals surface area contributed by atoms with Crippen LogP contribution in [0.4, 0.5) is 0 Å². The number of nitrogens with zero attached hydrogens (tertiary/aromatic N) is 4. The van der Waals surface area contributed by atoms with Crippen molar-refractivity contribution in [3.63, 3.8) is 0 Å². The van der Waals surface area contributed by atoms with Gasteiger partial charge in [0.1, 0.15) is 0 Å². The second kappa shape index (κ2) is 9.70. The van der Waals surface area contributed by atoms with Gasteiger partial charge < -0.3 is 20.1 Å². The molecule has 25 heavy (non-hydrogen) atoms. The fraction of sp³-hybridized carbons (Fsp3) is 0.824. The molecule has 0 amide bonds. The van der Waals surface area contributed by atoms with Gasteiger partial charge in [-0.05, 0) is 32.7 Å². The van der Waals surface area contributed by atoms with E-state index < -0.39 is 0 Å². The fourth-order valence-corrected chi connectivity index (χ4v) is 3.95. The van der Waals surface area contributed by atoms with Crippen LogP contribution in [0.25, 0.3) is 0 Å². The molecule has 2 atom stereocenters. The van der Waals surface area contributed by atoms with Gasteiger partial charge >= 0.3 is 0 Å². The third kappa shape index (κ3) is 5.29. The summed E-state index contributed by atoms with van der Waals surface area (Å²) in [6.45, 7) is 2.76. The minimum atomic E-state index is 0. The van der Waals surface area contributed by atoms with E-state index in [2.05, 4.69) is 37.7 Å². The predicted octanol–water partition coefficient (Wildman–Crippen LogP) is 1.97. The first kappa shape index (κ1) is 20.4. The van der Waals surface area contributed by atoms with Crippen LogP contribution in [-0.2, 0) is 12.8 Å². The van der Waals surface area contributed by atoms with E-state index in [9.17, 15) is 0 Å². The monoisotopic (exact) mass is 462 g/mol. The smallest absolute Gasteiger partial charge is 0.226 e. The third-order valence-electron chi connectivity index (χ3n) is 5.36. The van der Waals surface area contributed by atoms with Crippen molar-refractivity contribution in [2.75, 3.05) is 20.6 Å². The second-order valence-electron chi connectivity index (χ2n) is 6.92. The van der Waals surface area contributed by atoms with E-state index in [1.54, 1.807) is 0 Å². The van der Waals surface area contributed by atoms with Crippen molar-refractivity contribution < 1.29 is 4.52 Å². The van der Waals surface area contributed by atoms with Crippen LogP contribution in [0, 0.1) is 0 Å². The number of guanidine groups is 1. The molecule has 2 aliphatic rings. The molecule has 8 heteroatoms. The van der Waals surface area contributed by atoms with E-state index in [0.29, 0.717) is 11.9 Å². The maximum Gasteiger partial charge on any atom is 0.226 e. The van der Waals surface area contributed by atoms with Crippen molar-refractivity contribution in [2.45, 2.75) is 70.0 Å². The number of piperidine rings is 2. The Labute approximate surface area is 167 Å². The van der Waals surface area contributed by atoms with Crippen LogP contribution in [0.15, 0.2) is 9.52 Å². The largest absolute Gasteiger partial charge is 0.356 e. The molecule has 3 rings (SSSR count). The van der Waals surface area contributed by atoms with Crippen molar-refractivity contribution in [1.82, 2.24) is 25.7 Å². The number of hydrogen-bond donors (Lipinski definition) is 2. The Kier molecular flexibility index (Phi) is 7.92. The highest BCUT2D eigenvalue weighted by atomic mass is 127. The van der Waals surface area contributed by atoms with Gasteiger partial charge in [0.15, 0.2) is 11.8 Å². The summed E-state index contributed by atoms with van der Waals surface area (Å²) in [5, 5.41) is 11.0. The molecule has 1 aromatic heterocycles. The Morgan fingerprint density at radius 2 is 2.04 bits per heavy atom. The van der Waals surface area contributed by atoms with Crippen LogP contribution in [0.3, 0.4) is 0 Å². The van der Waals surface area contributed by atoms with Crippen LogP contribution < -0.4 is 10.6 Å². The van der Waals surface area contributed by atoms with E-state index >= 15 is 0 Å². The molecule has 0 radical (unpaired) electrons. The first-order valence-corrected chi connectivity index (χ1v) is 9.20. The minimum absolute atomic E-state index is 0. The molecule has 142 valence electrons. The maximum absolute atomic E-state index is 5.13. The molecule has 2 N–H and O–H groups in total. The molecule has 0 aromatic carbocycles. The molecule has 2 saturated heterocycles. The molecule has 1 aromatic rings. The zero-order valence-corrected chi connectivity index (χ0v) is 17.8. The van der Waals surface area contributed by atoms with E-state index in [1.807, 2.05) is 14.0 Å². The summed E-state index contributed by atoms with van der Waals surface area (Å²) >= 11 is 0. The van der Waals surface area contributed by atoms with Crippen LogP contribution in [0.5, 0.6) is 0 Å². The van der Waals surface area contributed by atoms with Crippen LogP contribution >= 0.6 is 24.0 Å². The van der Waals surface area contributed by atoms with Crippen LogP contribution in [-0.4, -0.2) is 59.8 Å². The van der Waals surface area contributed by atoms with Gasteiger partial charge in [-0.3, -0.25) is 4.99 Å². The first-order chi connectivity index (χ1) is 11.7. The summed E-state index contributed by atoms with van der Waals surface area (Å²) < 4.78 is 5.13. The van der Waals surface area contributed by atoms with E-state index in [1.165, 1.54) is 32.1 Å². The predicted molar refractivity (Wildman–Crippen MR) is 110 cm³/mol. The minimum Gasteiger partial charge on any atom is -0.356 e. The molecule has 2 bridgehead atoms. The number of hydrogen-bond acceptors (Lipinski definition) is 5. The fourth-order valence-electron chi connectivity index (χ4n) is 3.95. The quantitative estimate of drug-likeness (QED) is 0.396. The van der Waals surface area contributed by atoms with Crippen molar-refractivity contribution in [1.29, 1.82) is 0 Å². The Bertz CT molecular complexity index is 549. The lowest BCUT2D eigenvalue weighted by Gasteiger charge is -2.47. The Balaban J connectivity index is 0.00000225. The Hall–Kier alpha value is -0.900. The Morgan fingerprint density at radius 3 is 2.64 bits per heavy atom. The number of nitrogens with one attached hydrogen (secondary N) is 2. The van der Waals surface area contributed by atoms with Gasteiger partial charge in [0.2, 0.25) is 5.89 Å². The average Bonchev–Trinajstić information content (AvgIpc) is 3.02. The molecule has 3 heterocycles. The van der Waals surface area contributed by atoms with Crippen LogP contribution in [0.1, 0.15) is 50.7 Å². The standard InChI is InChI=1S/C17H30N6O.HI/c1-4-16-21-15(22-24-16)8-9-19-17(18-2)20-12-10-13-6-5-7-14(11-12)23(13)3;/h12-14H,4-11H2,1-3H3,(H2,18,19,20);1H. The van der Waals surface area contributed by atoms with Gasteiger partial charge in [0.25, 0.3) is 0 Å². The summed E-state index contributed by atoms with van der Waals surface area (Å²) in [6.07, 6.45) is 7.97. The van der Waals surface area contributed by atoms with Gasteiger partial charge in [0, 0.05) is 44.6 Å². The highest BCUT2D eigenvalue weighted by molar-refractivity contribution is 14.0. The van der Waals surface area contributed by atoms with Gasteiger partial charge in [-0.1, -0.05) is 18.5 Å². The lowest BCUT2D eigenvalue weighted by molar-refractivity contribution is 0.0526. The number of fused-ring (bicyclic) bond motifs is 2. The lowest BCUT2D eigenvalue weighted by atomic mass is 9.82. The third-order valence-corrected chi connectivity index (χ3v) is 5.36. The highest BCUT2D eigenvalue weighted by Crippen LogP contribution is 2.32. The molecule has 2 fully saturated rings. The van der Waals surface area contributed by atoms with Crippen molar-refractivity contribution in [3.05, 3.63) is 11.7 Å². The number of rotatable bonds is 5. The SMILES string of the molecule is CCc1nc(CCNC(=NC)NC2CC3CCCC(C2)N3C)no1.I. The average molecular weight is 462 g/mol. The van der Waals surface area contributed by atoms with Crippen molar-refractivity contribution >= 4 is 29.9 Å². The van der Waals surface area contributed by atoms with Crippen molar-refractivity contribution in [2.24, 2.45) is 4.99 Å². The number of halogens is 1. The van der Waals surface area contributed by atoms with E-state index in [4.69, 9.17) is 4.52 Å². The topological polar surface area (TPSA) is 78.6 Å². The summed E-state index contributed by atoms with van der Waals surface area (Å²) in [6, 6.07) is 1.96. The lowest BCUT2D eigenvalue weighted by Crippen LogP contribution is -2.56. The molecule has 2 aliphatic heterocycles. The zero-order chi connectivity index (χ0) is 16.9. The summed E-state index contributed by atoms with van der Waals surface area (Å²) in [7, 11) is 4.11. The van der Waals surface area contributed by atoms with E-state index in [0.717, 1.165) is 43.3 Å². The molecular weight excluding hydrogens is 431 g/mol. The molecule has 0 saturated carbocycles.